The highest BCUT2D eigenvalue weighted by Crippen LogP contribution is 2.35. The van der Waals surface area contributed by atoms with Crippen molar-refractivity contribution in [1.82, 2.24) is 9.97 Å². The summed E-state index contributed by atoms with van der Waals surface area (Å²) in [6, 6.07) is 12.3. The summed E-state index contributed by atoms with van der Waals surface area (Å²) in [5, 5.41) is 6.49. The third kappa shape index (κ3) is 4.86. The topological polar surface area (TPSA) is 79.4 Å². The molecule has 2 heterocycles. The van der Waals surface area contributed by atoms with Crippen molar-refractivity contribution in [3.05, 3.63) is 59.5 Å². The molecular formula is C22H21ClFN5O2. The second-order valence-electron chi connectivity index (χ2n) is 6.98. The quantitative estimate of drug-likeness (QED) is 0.541. The van der Waals surface area contributed by atoms with Crippen molar-refractivity contribution in [1.29, 1.82) is 0 Å². The maximum absolute atomic E-state index is 14.2. The van der Waals surface area contributed by atoms with E-state index in [2.05, 4.69) is 20.6 Å². The number of carbonyl (C=O) groups excluding carboxylic acids is 1. The van der Waals surface area contributed by atoms with E-state index in [9.17, 15) is 9.18 Å². The number of ether oxygens (including phenoxy) is 1. The number of benzene rings is 2. The van der Waals surface area contributed by atoms with Crippen LogP contribution in [0.4, 0.5) is 33.2 Å². The molecule has 7 nitrogen and oxygen atoms in total. The third-order valence-corrected chi connectivity index (χ3v) is 4.91. The van der Waals surface area contributed by atoms with E-state index in [1.54, 1.807) is 47.4 Å². The smallest absolute Gasteiger partial charge is 0.229 e. The normalized spacial score (nSPS) is 12.7. The average molecular weight is 442 g/mol. The van der Waals surface area contributed by atoms with E-state index in [-0.39, 0.29) is 17.7 Å². The molecule has 160 valence electrons. The Kier molecular flexibility index (Phi) is 6.18. The summed E-state index contributed by atoms with van der Waals surface area (Å²) in [4.78, 5) is 22.4. The number of carbonyl (C=O) groups is 1. The van der Waals surface area contributed by atoms with E-state index < -0.39 is 5.82 Å². The van der Waals surface area contributed by atoms with Crippen LogP contribution in [-0.4, -0.2) is 29.0 Å². The predicted octanol–water partition coefficient (Wildman–Crippen LogP) is 5.28. The molecule has 0 atom stereocenters. The molecule has 1 amide bonds. The van der Waals surface area contributed by atoms with Gasteiger partial charge < -0.3 is 20.3 Å². The van der Waals surface area contributed by atoms with Gasteiger partial charge in [-0.1, -0.05) is 24.6 Å². The Morgan fingerprint density at radius 3 is 2.87 bits per heavy atom. The van der Waals surface area contributed by atoms with Crippen molar-refractivity contribution >= 4 is 46.3 Å². The lowest BCUT2D eigenvalue weighted by Gasteiger charge is -2.30. The second-order valence-corrected chi connectivity index (χ2v) is 7.41. The molecule has 0 aliphatic carbocycles. The van der Waals surface area contributed by atoms with Gasteiger partial charge in [0.05, 0.1) is 18.4 Å². The molecule has 1 aliphatic rings. The van der Waals surface area contributed by atoms with Crippen LogP contribution < -0.4 is 20.3 Å². The first kappa shape index (κ1) is 20.9. The minimum Gasteiger partial charge on any atom is -0.490 e. The van der Waals surface area contributed by atoms with Gasteiger partial charge in [0.15, 0.2) is 11.6 Å². The molecule has 0 saturated carbocycles. The second kappa shape index (κ2) is 9.18. The van der Waals surface area contributed by atoms with E-state index in [4.69, 9.17) is 16.3 Å². The maximum Gasteiger partial charge on any atom is 0.229 e. The van der Waals surface area contributed by atoms with Crippen molar-refractivity contribution in [3.63, 3.8) is 0 Å². The summed E-state index contributed by atoms with van der Waals surface area (Å²) in [5.74, 6) is 0.315. The number of rotatable bonds is 6. The van der Waals surface area contributed by atoms with Gasteiger partial charge in [-0.2, -0.15) is 4.98 Å². The fourth-order valence-electron chi connectivity index (χ4n) is 3.25. The zero-order valence-electron chi connectivity index (χ0n) is 16.9. The maximum atomic E-state index is 14.2. The molecule has 3 aromatic rings. The number of aromatic nitrogens is 2. The largest absolute Gasteiger partial charge is 0.490 e. The SMILES string of the molecule is CCCC(=O)N1CCOc2ccc(Nc3ncc(F)c(Nc4cccc(Cl)c4)n3)cc21. The molecule has 1 aliphatic heterocycles. The number of anilines is 5. The minimum absolute atomic E-state index is 0.0146. The number of fused-ring (bicyclic) bond motifs is 1. The van der Waals surface area contributed by atoms with Gasteiger partial charge in [0.1, 0.15) is 12.4 Å². The fraction of sp³-hybridized carbons (Fsp3) is 0.227. The Morgan fingerprint density at radius 2 is 2.06 bits per heavy atom. The van der Waals surface area contributed by atoms with Gasteiger partial charge in [-0.15, -0.1) is 0 Å². The zero-order chi connectivity index (χ0) is 21.8. The first-order chi connectivity index (χ1) is 15.0. The van der Waals surface area contributed by atoms with Crippen LogP contribution in [0.25, 0.3) is 0 Å². The lowest BCUT2D eigenvalue weighted by molar-refractivity contribution is -0.118. The van der Waals surface area contributed by atoms with Gasteiger partial charge in [-0.05, 0) is 42.8 Å². The predicted molar refractivity (Wildman–Crippen MR) is 119 cm³/mol. The third-order valence-electron chi connectivity index (χ3n) is 4.67. The minimum atomic E-state index is -0.597. The van der Waals surface area contributed by atoms with Gasteiger partial charge in [0.2, 0.25) is 11.9 Å². The van der Waals surface area contributed by atoms with E-state index in [1.807, 2.05) is 6.92 Å². The Morgan fingerprint density at radius 1 is 1.23 bits per heavy atom. The average Bonchev–Trinajstić information content (AvgIpc) is 2.76. The molecular weight excluding hydrogens is 421 g/mol. The number of halogens is 2. The van der Waals surface area contributed by atoms with Crippen LogP contribution in [0.2, 0.25) is 5.02 Å². The summed E-state index contributed by atoms with van der Waals surface area (Å²) in [5.41, 5.74) is 1.94. The van der Waals surface area contributed by atoms with Gasteiger partial charge >= 0.3 is 0 Å². The Bertz CT molecular complexity index is 1110. The van der Waals surface area contributed by atoms with Crippen LogP contribution in [0.1, 0.15) is 19.8 Å². The summed E-state index contributed by atoms with van der Waals surface area (Å²) >= 11 is 5.98. The fourth-order valence-corrected chi connectivity index (χ4v) is 3.44. The number of hydrogen-bond donors (Lipinski definition) is 2. The lowest BCUT2D eigenvalue weighted by atomic mass is 10.2. The highest BCUT2D eigenvalue weighted by molar-refractivity contribution is 6.30. The van der Waals surface area contributed by atoms with Gasteiger partial charge in [-0.25, -0.2) is 9.37 Å². The van der Waals surface area contributed by atoms with E-state index in [0.717, 1.165) is 12.6 Å². The van der Waals surface area contributed by atoms with E-state index in [0.29, 0.717) is 47.4 Å². The molecule has 0 fully saturated rings. The molecule has 9 heteroatoms. The Labute approximate surface area is 184 Å². The Balaban J connectivity index is 1.57. The van der Waals surface area contributed by atoms with E-state index in [1.165, 1.54) is 0 Å². The van der Waals surface area contributed by atoms with Crippen molar-refractivity contribution in [2.45, 2.75) is 19.8 Å². The zero-order valence-corrected chi connectivity index (χ0v) is 17.6. The Hall–Kier alpha value is -3.39. The van der Waals surface area contributed by atoms with Gasteiger partial charge in [0, 0.05) is 22.8 Å². The van der Waals surface area contributed by atoms with Crippen molar-refractivity contribution in [2.24, 2.45) is 0 Å². The molecule has 31 heavy (non-hydrogen) atoms. The lowest BCUT2D eigenvalue weighted by Crippen LogP contribution is -2.37. The van der Waals surface area contributed by atoms with Crippen molar-refractivity contribution < 1.29 is 13.9 Å². The monoisotopic (exact) mass is 441 g/mol. The highest BCUT2D eigenvalue weighted by Gasteiger charge is 2.23. The number of hydrogen-bond acceptors (Lipinski definition) is 6. The van der Waals surface area contributed by atoms with Crippen LogP contribution in [0.5, 0.6) is 5.75 Å². The summed E-state index contributed by atoms with van der Waals surface area (Å²) in [6.07, 6.45) is 2.33. The van der Waals surface area contributed by atoms with Gasteiger partial charge in [-0.3, -0.25) is 4.79 Å². The first-order valence-corrected chi connectivity index (χ1v) is 10.3. The van der Waals surface area contributed by atoms with E-state index >= 15 is 0 Å². The molecule has 0 spiro atoms. The van der Waals surface area contributed by atoms with Crippen LogP contribution in [0, 0.1) is 5.82 Å². The van der Waals surface area contributed by atoms with Crippen molar-refractivity contribution in [2.75, 3.05) is 28.7 Å². The van der Waals surface area contributed by atoms with Crippen LogP contribution in [0.15, 0.2) is 48.7 Å². The molecule has 2 aromatic carbocycles. The molecule has 0 saturated heterocycles. The molecule has 0 bridgehead atoms. The summed E-state index contributed by atoms with van der Waals surface area (Å²) < 4.78 is 19.9. The van der Waals surface area contributed by atoms with Crippen LogP contribution >= 0.6 is 11.6 Å². The standard InChI is InChI=1S/C22H21ClFN5O2/c1-2-4-20(30)29-9-10-31-19-8-7-16(12-18(19)29)27-22-25-13-17(24)21(28-22)26-15-6-3-5-14(23)11-15/h3,5-8,11-13H,2,4,9-10H2,1H3,(H2,25,26,27,28). The number of nitrogens with zero attached hydrogens (tertiary/aromatic N) is 3. The highest BCUT2D eigenvalue weighted by atomic mass is 35.5. The molecule has 1 aromatic heterocycles. The molecule has 4 rings (SSSR count). The van der Waals surface area contributed by atoms with Crippen molar-refractivity contribution in [3.8, 4) is 5.75 Å². The number of nitrogens with one attached hydrogen (secondary N) is 2. The number of amides is 1. The molecule has 0 unspecified atom stereocenters. The summed E-state index contributed by atoms with van der Waals surface area (Å²) in [7, 11) is 0. The summed E-state index contributed by atoms with van der Waals surface area (Å²) in [6.45, 7) is 2.92. The first-order valence-electron chi connectivity index (χ1n) is 9.93. The molecule has 0 radical (unpaired) electrons. The molecule has 2 N–H and O–H groups in total. The van der Waals surface area contributed by atoms with Crippen LogP contribution in [-0.2, 0) is 4.79 Å². The van der Waals surface area contributed by atoms with Crippen LogP contribution in [0.3, 0.4) is 0 Å². The van der Waals surface area contributed by atoms with Gasteiger partial charge in [0.25, 0.3) is 0 Å².